The molecule has 1 aliphatic rings. The molecule has 3 rings (SSSR count). The Morgan fingerprint density at radius 1 is 1.47 bits per heavy atom. The van der Waals surface area contributed by atoms with Crippen LogP contribution in [-0.2, 0) is 4.79 Å². The van der Waals surface area contributed by atoms with Gasteiger partial charge in [0.25, 0.3) is 0 Å². The van der Waals surface area contributed by atoms with Crippen LogP contribution in [0.1, 0.15) is 0 Å². The summed E-state index contributed by atoms with van der Waals surface area (Å²) in [5.41, 5.74) is 0.869. The molecule has 0 spiro atoms. The molecule has 86 valence electrons. The number of hydrogen-bond acceptors (Lipinski definition) is 5. The third kappa shape index (κ3) is 2.29. The summed E-state index contributed by atoms with van der Waals surface area (Å²) in [6, 6.07) is 5.52. The SMILES string of the molecule is O=C1CSC(=Nc2nc3ccc(Cl)cc3s2)N1. The van der Waals surface area contributed by atoms with Crippen LogP contribution in [0.2, 0.25) is 5.02 Å². The van der Waals surface area contributed by atoms with Crippen molar-refractivity contribution in [3.63, 3.8) is 0 Å². The van der Waals surface area contributed by atoms with Gasteiger partial charge in [0.05, 0.1) is 16.0 Å². The van der Waals surface area contributed by atoms with E-state index < -0.39 is 0 Å². The van der Waals surface area contributed by atoms with Gasteiger partial charge < -0.3 is 5.32 Å². The van der Waals surface area contributed by atoms with E-state index in [9.17, 15) is 4.79 Å². The molecule has 0 saturated carbocycles. The van der Waals surface area contributed by atoms with E-state index in [0.29, 0.717) is 21.1 Å². The Labute approximate surface area is 110 Å². The highest BCUT2D eigenvalue weighted by molar-refractivity contribution is 8.15. The number of nitrogens with one attached hydrogen (secondary N) is 1. The molecule has 1 N–H and O–H groups in total. The first kappa shape index (κ1) is 11.0. The summed E-state index contributed by atoms with van der Waals surface area (Å²) in [6.45, 7) is 0. The van der Waals surface area contributed by atoms with Crippen LogP contribution in [-0.4, -0.2) is 21.8 Å². The number of aliphatic imine (C=N–C) groups is 1. The van der Waals surface area contributed by atoms with Gasteiger partial charge in [0.1, 0.15) is 0 Å². The number of benzene rings is 1. The second-order valence-electron chi connectivity index (χ2n) is 3.36. The van der Waals surface area contributed by atoms with E-state index >= 15 is 0 Å². The topological polar surface area (TPSA) is 54.4 Å². The maximum absolute atomic E-state index is 11.0. The smallest absolute Gasteiger partial charge is 0.236 e. The van der Waals surface area contributed by atoms with Gasteiger partial charge in [-0.15, -0.1) is 0 Å². The van der Waals surface area contributed by atoms with Gasteiger partial charge >= 0.3 is 0 Å². The van der Waals surface area contributed by atoms with Crippen molar-refractivity contribution < 1.29 is 4.79 Å². The molecule has 1 aromatic heterocycles. The molecule has 1 saturated heterocycles. The van der Waals surface area contributed by atoms with Crippen LogP contribution in [0.3, 0.4) is 0 Å². The van der Waals surface area contributed by atoms with Crippen molar-refractivity contribution >= 4 is 61.1 Å². The van der Waals surface area contributed by atoms with E-state index in [0.717, 1.165) is 10.2 Å². The average molecular weight is 284 g/mol. The second kappa shape index (κ2) is 4.29. The Bertz CT molecular complexity index is 638. The highest BCUT2D eigenvalue weighted by Crippen LogP contribution is 2.30. The molecule has 17 heavy (non-hydrogen) atoms. The van der Waals surface area contributed by atoms with Gasteiger partial charge in [-0.05, 0) is 18.2 Å². The van der Waals surface area contributed by atoms with E-state index in [4.69, 9.17) is 11.6 Å². The largest absolute Gasteiger partial charge is 0.304 e. The Balaban J connectivity index is 1.98. The molecular formula is C10H6ClN3OS2. The van der Waals surface area contributed by atoms with Crippen LogP contribution in [0, 0.1) is 0 Å². The summed E-state index contributed by atoms with van der Waals surface area (Å²) in [7, 11) is 0. The van der Waals surface area contributed by atoms with Gasteiger partial charge in [0.2, 0.25) is 11.0 Å². The normalized spacial score (nSPS) is 17.9. The zero-order valence-electron chi connectivity index (χ0n) is 8.44. The van der Waals surface area contributed by atoms with Gasteiger partial charge in [-0.3, -0.25) is 4.79 Å². The van der Waals surface area contributed by atoms with Gasteiger partial charge in [-0.2, -0.15) is 4.99 Å². The van der Waals surface area contributed by atoms with E-state index in [-0.39, 0.29) is 5.91 Å². The molecule has 2 aromatic rings. The molecule has 0 bridgehead atoms. The molecule has 1 aliphatic heterocycles. The molecule has 0 unspecified atom stereocenters. The van der Waals surface area contributed by atoms with Crippen molar-refractivity contribution in [2.24, 2.45) is 4.99 Å². The molecule has 0 atom stereocenters. The number of nitrogens with zero attached hydrogens (tertiary/aromatic N) is 2. The lowest BCUT2D eigenvalue weighted by Crippen LogP contribution is -2.19. The third-order valence-electron chi connectivity index (χ3n) is 2.12. The Morgan fingerprint density at radius 2 is 2.35 bits per heavy atom. The number of aromatic nitrogens is 1. The summed E-state index contributed by atoms with van der Waals surface area (Å²) in [5, 5.41) is 4.60. The maximum atomic E-state index is 11.0. The first-order chi connectivity index (χ1) is 8.20. The van der Waals surface area contributed by atoms with Crippen molar-refractivity contribution in [1.82, 2.24) is 10.3 Å². The summed E-state index contributed by atoms with van der Waals surface area (Å²) >= 11 is 8.74. The highest BCUT2D eigenvalue weighted by atomic mass is 35.5. The van der Waals surface area contributed by atoms with Crippen LogP contribution in [0.15, 0.2) is 23.2 Å². The number of carbonyl (C=O) groups is 1. The Morgan fingerprint density at radius 3 is 3.12 bits per heavy atom. The van der Waals surface area contributed by atoms with E-state index in [1.54, 1.807) is 6.07 Å². The van der Waals surface area contributed by atoms with E-state index in [1.165, 1.54) is 23.1 Å². The first-order valence-electron chi connectivity index (χ1n) is 4.78. The van der Waals surface area contributed by atoms with Crippen LogP contribution in [0.5, 0.6) is 0 Å². The van der Waals surface area contributed by atoms with Crippen molar-refractivity contribution in [2.45, 2.75) is 0 Å². The number of amidine groups is 1. The van der Waals surface area contributed by atoms with Crippen LogP contribution in [0.25, 0.3) is 10.2 Å². The van der Waals surface area contributed by atoms with Gasteiger partial charge in [0.15, 0.2) is 5.17 Å². The minimum atomic E-state index is -0.0158. The lowest BCUT2D eigenvalue weighted by molar-refractivity contribution is -0.116. The fraction of sp³-hybridized carbons (Fsp3) is 0.100. The fourth-order valence-electron chi connectivity index (χ4n) is 1.41. The zero-order chi connectivity index (χ0) is 11.8. The highest BCUT2D eigenvalue weighted by Gasteiger charge is 2.17. The molecule has 0 radical (unpaired) electrons. The summed E-state index contributed by atoms with van der Waals surface area (Å²) in [5.74, 6) is 0.410. The molecule has 2 heterocycles. The van der Waals surface area contributed by atoms with Gasteiger partial charge in [-0.1, -0.05) is 34.7 Å². The Kier molecular flexibility index (Phi) is 2.78. The molecular weight excluding hydrogens is 278 g/mol. The van der Waals surface area contributed by atoms with Crippen molar-refractivity contribution in [2.75, 3.05) is 5.75 Å². The van der Waals surface area contributed by atoms with Crippen LogP contribution in [0.4, 0.5) is 5.13 Å². The molecule has 1 fully saturated rings. The number of thioether (sulfide) groups is 1. The van der Waals surface area contributed by atoms with Gasteiger partial charge in [-0.25, -0.2) is 4.98 Å². The van der Waals surface area contributed by atoms with Crippen molar-refractivity contribution in [3.8, 4) is 0 Å². The Hall–Kier alpha value is -1.11. The predicted octanol–water partition coefficient (Wildman–Crippen LogP) is 2.80. The number of hydrogen-bond donors (Lipinski definition) is 1. The molecule has 1 amide bonds. The zero-order valence-corrected chi connectivity index (χ0v) is 10.8. The van der Waals surface area contributed by atoms with Crippen LogP contribution < -0.4 is 5.32 Å². The number of thiazole rings is 1. The van der Waals surface area contributed by atoms with Gasteiger partial charge in [0, 0.05) is 5.02 Å². The quantitative estimate of drug-likeness (QED) is 0.875. The summed E-state index contributed by atoms with van der Waals surface area (Å²) in [4.78, 5) is 19.7. The van der Waals surface area contributed by atoms with Crippen molar-refractivity contribution in [1.29, 1.82) is 0 Å². The number of carbonyl (C=O) groups excluding carboxylic acids is 1. The number of amides is 1. The first-order valence-corrected chi connectivity index (χ1v) is 6.96. The minimum absolute atomic E-state index is 0.0158. The molecule has 0 aliphatic carbocycles. The van der Waals surface area contributed by atoms with E-state index in [2.05, 4.69) is 15.3 Å². The second-order valence-corrected chi connectivity index (χ2v) is 5.77. The standard InChI is InChI=1S/C10H6ClN3OS2/c11-5-1-2-6-7(3-5)17-10(12-6)14-9-13-8(15)4-16-9/h1-3H,4H2,(H,12,13,14,15). The average Bonchev–Trinajstić information content (AvgIpc) is 2.84. The molecule has 1 aromatic carbocycles. The summed E-state index contributed by atoms with van der Waals surface area (Å²) in [6.07, 6.45) is 0. The lowest BCUT2D eigenvalue weighted by Gasteiger charge is -1.90. The van der Waals surface area contributed by atoms with Crippen molar-refractivity contribution in [3.05, 3.63) is 23.2 Å². The number of fused-ring (bicyclic) bond motifs is 1. The maximum Gasteiger partial charge on any atom is 0.236 e. The summed E-state index contributed by atoms with van der Waals surface area (Å²) < 4.78 is 0.992. The monoisotopic (exact) mass is 283 g/mol. The molecule has 7 heteroatoms. The minimum Gasteiger partial charge on any atom is -0.304 e. The van der Waals surface area contributed by atoms with E-state index in [1.807, 2.05) is 12.1 Å². The fourth-order valence-corrected chi connectivity index (χ4v) is 3.26. The van der Waals surface area contributed by atoms with Crippen LogP contribution >= 0.6 is 34.7 Å². The number of rotatable bonds is 1. The predicted molar refractivity (Wildman–Crippen MR) is 72.3 cm³/mol. The molecule has 4 nitrogen and oxygen atoms in total. The lowest BCUT2D eigenvalue weighted by atomic mass is 10.3. The third-order valence-corrected chi connectivity index (χ3v) is 4.14. The number of halogens is 1.